The lowest BCUT2D eigenvalue weighted by Gasteiger charge is -2.33. The van der Waals surface area contributed by atoms with Gasteiger partial charge >= 0.3 is 0 Å². The van der Waals surface area contributed by atoms with Gasteiger partial charge in [0.05, 0.1) is 46.9 Å². The first-order valence-electron chi connectivity index (χ1n) is 17.3. The van der Waals surface area contributed by atoms with Gasteiger partial charge in [-0.05, 0) is 48.5 Å². The van der Waals surface area contributed by atoms with Crippen molar-refractivity contribution >= 4 is 73.1 Å². The summed E-state index contributed by atoms with van der Waals surface area (Å²) in [6.07, 6.45) is 6.66. The Morgan fingerprint density at radius 2 is 0.717 bits per heavy atom. The van der Waals surface area contributed by atoms with Crippen LogP contribution in [-0.4, -0.2) is 29.1 Å². The molecule has 0 atom stereocenters. The van der Waals surface area contributed by atoms with Gasteiger partial charge in [-0.2, -0.15) is 0 Å². The molecule has 0 unspecified atom stereocenters. The van der Waals surface area contributed by atoms with Crippen LogP contribution in [0.25, 0.3) is 55.2 Å². The minimum atomic E-state index is -4.02. The van der Waals surface area contributed by atoms with E-state index in [-0.39, 0.29) is 10.9 Å². The summed E-state index contributed by atoms with van der Waals surface area (Å²) < 4.78 is 22.7. The molecule has 0 N–H and O–H groups in total. The summed E-state index contributed by atoms with van der Waals surface area (Å²) in [5, 5.41) is 4.38. The van der Waals surface area contributed by atoms with E-state index in [1.807, 2.05) is 114 Å². The molecule has 6 aromatic carbocycles. The van der Waals surface area contributed by atoms with E-state index in [9.17, 15) is 0 Å². The normalized spacial score (nSPS) is 11.8. The molecular formula is C44H30N7OP. The van der Waals surface area contributed by atoms with Gasteiger partial charge in [-0.3, -0.25) is 28.3 Å². The van der Waals surface area contributed by atoms with Crippen LogP contribution in [0.15, 0.2) is 183 Å². The molecule has 0 bridgehead atoms. The summed E-state index contributed by atoms with van der Waals surface area (Å²) in [5.74, 6) is 1.10. The Morgan fingerprint density at radius 1 is 0.396 bits per heavy atom. The van der Waals surface area contributed by atoms with Crippen molar-refractivity contribution in [1.29, 1.82) is 0 Å². The van der Waals surface area contributed by atoms with Crippen molar-refractivity contribution in [3.8, 4) is 11.6 Å². The Bertz CT molecular complexity index is 2710. The SMILES string of the molecule is O=P(c1cncc(-n2c3ccccc3c3ccccc32)n1)(c1cncc(-n2c3ccccc3c3ccccc32)n1)N(c1ccccc1)c1ccccc1. The summed E-state index contributed by atoms with van der Waals surface area (Å²) in [4.78, 5) is 20.0. The Balaban J connectivity index is 1.26. The third-order valence-electron chi connectivity index (χ3n) is 9.74. The Kier molecular flexibility index (Phi) is 7.23. The fourth-order valence-electron chi connectivity index (χ4n) is 7.47. The Hall–Kier alpha value is -6.89. The average molecular weight is 704 g/mol. The standard InChI is InChI=1S/C44H30N7OP/c52-53(51(31-15-3-1-4-16-31)32-17-5-2-6-18-32,43-29-45-27-41(47-43)49-37-23-11-7-19-33(37)34-20-8-12-24-38(34)49)44-30-46-28-42(48-44)50-39-25-13-9-21-35(39)36-22-10-14-26-40(36)50/h1-30H. The predicted octanol–water partition coefficient (Wildman–Crippen LogP) is 9.53. The molecule has 0 saturated carbocycles. The van der Waals surface area contributed by atoms with Gasteiger partial charge in [-0.1, -0.05) is 109 Å². The summed E-state index contributed by atoms with van der Waals surface area (Å²) in [6.45, 7) is 0. The van der Waals surface area contributed by atoms with Crippen LogP contribution in [0.5, 0.6) is 0 Å². The van der Waals surface area contributed by atoms with Gasteiger partial charge in [0.2, 0.25) is 0 Å². The van der Waals surface area contributed by atoms with E-state index in [0.717, 1.165) is 55.0 Å². The monoisotopic (exact) mass is 703 g/mol. The number of benzene rings is 6. The summed E-state index contributed by atoms with van der Waals surface area (Å²) >= 11 is 0. The first kappa shape index (κ1) is 30.9. The second kappa shape index (κ2) is 12.4. The fourth-order valence-corrected chi connectivity index (χ4v) is 9.96. The van der Waals surface area contributed by atoms with Crippen molar-refractivity contribution in [3.63, 3.8) is 0 Å². The zero-order valence-corrected chi connectivity index (χ0v) is 29.2. The van der Waals surface area contributed by atoms with Crippen molar-refractivity contribution in [2.75, 3.05) is 4.67 Å². The Labute approximate surface area is 304 Å². The van der Waals surface area contributed by atoms with Crippen molar-refractivity contribution < 1.29 is 4.57 Å². The van der Waals surface area contributed by atoms with E-state index in [4.69, 9.17) is 19.9 Å². The maximum Gasteiger partial charge on any atom is 0.272 e. The molecule has 9 heteroatoms. The molecule has 10 rings (SSSR count). The molecule has 4 aromatic heterocycles. The zero-order valence-electron chi connectivity index (χ0n) is 28.3. The molecule has 8 nitrogen and oxygen atoms in total. The second-order valence-electron chi connectivity index (χ2n) is 12.8. The number of para-hydroxylation sites is 6. The van der Waals surface area contributed by atoms with Crippen molar-refractivity contribution in [1.82, 2.24) is 29.1 Å². The molecule has 252 valence electrons. The van der Waals surface area contributed by atoms with Gasteiger partial charge in [0.1, 0.15) is 10.9 Å². The van der Waals surface area contributed by atoms with Crippen LogP contribution < -0.4 is 15.5 Å². The van der Waals surface area contributed by atoms with Gasteiger partial charge in [0.25, 0.3) is 7.29 Å². The van der Waals surface area contributed by atoms with Crippen LogP contribution in [-0.2, 0) is 4.57 Å². The van der Waals surface area contributed by atoms with Crippen LogP contribution in [0.4, 0.5) is 11.4 Å². The second-order valence-corrected chi connectivity index (χ2v) is 15.2. The summed E-state index contributed by atoms with van der Waals surface area (Å²) in [7, 11) is -4.02. The molecule has 53 heavy (non-hydrogen) atoms. The van der Waals surface area contributed by atoms with Crippen LogP contribution >= 0.6 is 7.29 Å². The van der Waals surface area contributed by atoms with Crippen molar-refractivity contribution in [3.05, 3.63) is 183 Å². The van der Waals surface area contributed by atoms with Crippen LogP contribution in [0.3, 0.4) is 0 Å². The molecule has 10 aromatic rings. The van der Waals surface area contributed by atoms with E-state index in [2.05, 4.69) is 57.7 Å². The van der Waals surface area contributed by atoms with Gasteiger partial charge < -0.3 is 0 Å². The van der Waals surface area contributed by atoms with Crippen LogP contribution in [0, 0.1) is 0 Å². The minimum absolute atomic E-state index is 0.276. The zero-order chi connectivity index (χ0) is 35.4. The molecule has 0 saturated heterocycles. The number of anilines is 2. The highest BCUT2D eigenvalue weighted by atomic mass is 31.2. The smallest absolute Gasteiger partial charge is 0.272 e. The molecule has 0 aliphatic carbocycles. The van der Waals surface area contributed by atoms with Gasteiger partial charge in [0, 0.05) is 32.9 Å². The third-order valence-corrected chi connectivity index (χ3v) is 12.4. The Morgan fingerprint density at radius 3 is 1.08 bits per heavy atom. The van der Waals surface area contributed by atoms with Gasteiger partial charge in [-0.25, -0.2) is 9.97 Å². The topological polar surface area (TPSA) is 81.7 Å². The molecule has 0 amide bonds. The molecule has 0 aliphatic rings. The first-order valence-corrected chi connectivity index (χ1v) is 19.0. The van der Waals surface area contributed by atoms with E-state index < -0.39 is 7.29 Å². The van der Waals surface area contributed by atoms with Crippen LogP contribution in [0.2, 0.25) is 0 Å². The highest BCUT2D eigenvalue weighted by molar-refractivity contribution is 7.80. The van der Waals surface area contributed by atoms with E-state index in [0.29, 0.717) is 11.6 Å². The highest BCUT2D eigenvalue weighted by Crippen LogP contribution is 2.54. The lowest BCUT2D eigenvalue weighted by Crippen LogP contribution is -2.33. The lowest BCUT2D eigenvalue weighted by atomic mass is 10.2. The average Bonchev–Trinajstić information content (AvgIpc) is 3.75. The lowest BCUT2D eigenvalue weighted by molar-refractivity contribution is 0.585. The van der Waals surface area contributed by atoms with Crippen molar-refractivity contribution in [2.24, 2.45) is 0 Å². The number of hydrogen-bond donors (Lipinski definition) is 0. The summed E-state index contributed by atoms with van der Waals surface area (Å²) in [5.41, 5.74) is 5.90. The minimum Gasteiger partial charge on any atom is -0.292 e. The van der Waals surface area contributed by atoms with E-state index in [1.54, 1.807) is 24.8 Å². The predicted molar refractivity (Wildman–Crippen MR) is 215 cm³/mol. The number of rotatable bonds is 7. The largest absolute Gasteiger partial charge is 0.292 e. The molecule has 0 radical (unpaired) electrons. The first-order chi connectivity index (χ1) is 26.2. The van der Waals surface area contributed by atoms with E-state index >= 15 is 4.57 Å². The maximum atomic E-state index is 16.7. The number of nitrogens with zero attached hydrogens (tertiary/aromatic N) is 7. The number of hydrogen-bond acceptors (Lipinski definition) is 5. The van der Waals surface area contributed by atoms with E-state index in [1.165, 1.54) is 0 Å². The van der Waals surface area contributed by atoms with Crippen molar-refractivity contribution in [2.45, 2.75) is 0 Å². The molecule has 4 heterocycles. The molecule has 0 spiro atoms. The fraction of sp³-hybridized carbons (Fsp3) is 0. The number of fused-ring (bicyclic) bond motifs is 6. The third kappa shape index (κ3) is 4.88. The van der Waals surface area contributed by atoms with Crippen LogP contribution in [0.1, 0.15) is 0 Å². The quantitative estimate of drug-likeness (QED) is 0.154. The van der Waals surface area contributed by atoms with Gasteiger partial charge in [0.15, 0.2) is 11.6 Å². The van der Waals surface area contributed by atoms with Gasteiger partial charge in [-0.15, -0.1) is 0 Å². The number of aromatic nitrogens is 6. The molecular weight excluding hydrogens is 674 g/mol. The molecule has 0 aliphatic heterocycles. The summed E-state index contributed by atoms with van der Waals surface area (Å²) in [6, 6.07) is 52.4. The highest BCUT2D eigenvalue weighted by Gasteiger charge is 2.41. The maximum absolute atomic E-state index is 16.7. The molecule has 0 fully saturated rings.